The largest absolute Gasteiger partial charge is 0.447 e. The van der Waals surface area contributed by atoms with Crippen LogP contribution >= 0.6 is 0 Å². The van der Waals surface area contributed by atoms with Gasteiger partial charge in [0, 0.05) is 36.9 Å². The molecule has 1 aromatic heterocycles. The number of amides is 1. The van der Waals surface area contributed by atoms with Gasteiger partial charge in [0.25, 0.3) is 0 Å². The molecule has 5 nitrogen and oxygen atoms in total. The number of piperazine rings is 1. The van der Waals surface area contributed by atoms with Crippen molar-refractivity contribution in [1.29, 1.82) is 0 Å². The summed E-state index contributed by atoms with van der Waals surface area (Å²) in [5.41, 5.74) is -0.524. The fraction of sp³-hybridized carbons (Fsp3) is 0.444. The Morgan fingerprint density at radius 3 is 2.81 bits per heavy atom. The molecule has 1 unspecified atom stereocenters. The normalized spacial score (nSPS) is 23.3. The van der Waals surface area contributed by atoms with E-state index in [9.17, 15) is 18.0 Å². The zero-order valence-electron chi connectivity index (χ0n) is 14.2. The molecular weight excluding hydrogens is 347 g/mol. The molecule has 0 N–H and O–H groups in total. The molecule has 2 aliphatic heterocycles. The maximum Gasteiger partial charge on any atom is 0.418 e. The Bertz CT molecular complexity index is 870. The Morgan fingerprint density at radius 2 is 2.08 bits per heavy atom. The topological polar surface area (TPSA) is 45.7 Å². The second-order valence-electron chi connectivity index (χ2n) is 6.74. The van der Waals surface area contributed by atoms with Crippen molar-refractivity contribution in [2.45, 2.75) is 25.1 Å². The number of carbonyl (C=O) groups excluding carboxylic acids is 1. The smallest absolute Gasteiger partial charge is 0.418 e. The van der Waals surface area contributed by atoms with Crippen LogP contribution in [0.3, 0.4) is 0 Å². The molecule has 8 heteroatoms. The minimum atomic E-state index is -4.46. The first-order valence-electron chi connectivity index (χ1n) is 8.50. The van der Waals surface area contributed by atoms with Crippen molar-refractivity contribution in [1.82, 2.24) is 9.88 Å². The van der Waals surface area contributed by atoms with Gasteiger partial charge in [-0.25, -0.2) is 4.79 Å². The van der Waals surface area contributed by atoms with E-state index >= 15 is 0 Å². The molecule has 1 aromatic carbocycles. The number of ether oxygens (including phenoxy) is 1. The molecule has 0 spiro atoms. The number of fused-ring (bicyclic) bond motifs is 2. The second kappa shape index (κ2) is 5.75. The van der Waals surface area contributed by atoms with E-state index in [0.29, 0.717) is 43.7 Å². The number of nitrogens with zero attached hydrogens (tertiary/aromatic N) is 3. The van der Waals surface area contributed by atoms with Crippen LogP contribution in [0.5, 0.6) is 0 Å². The summed E-state index contributed by atoms with van der Waals surface area (Å²) < 4.78 is 45.2. The highest BCUT2D eigenvalue weighted by molar-refractivity contribution is 5.94. The molecule has 0 aliphatic carbocycles. The third-order valence-electron chi connectivity index (χ3n) is 5.39. The second-order valence-corrected chi connectivity index (χ2v) is 6.74. The van der Waals surface area contributed by atoms with E-state index in [2.05, 4.69) is 4.98 Å². The van der Waals surface area contributed by atoms with Gasteiger partial charge in [0.2, 0.25) is 0 Å². The lowest BCUT2D eigenvalue weighted by Crippen LogP contribution is -2.61. The van der Waals surface area contributed by atoms with Gasteiger partial charge in [-0.15, -0.1) is 0 Å². The van der Waals surface area contributed by atoms with Crippen molar-refractivity contribution >= 4 is 22.7 Å². The lowest BCUT2D eigenvalue weighted by molar-refractivity contribution is -0.136. The van der Waals surface area contributed by atoms with E-state index in [4.69, 9.17) is 4.74 Å². The van der Waals surface area contributed by atoms with Gasteiger partial charge in [-0.3, -0.25) is 9.88 Å². The van der Waals surface area contributed by atoms with Gasteiger partial charge in [-0.2, -0.15) is 13.2 Å². The minimum Gasteiger partial charge on any atom is -0.447 e. The summed E-state index contributed by atoms with van der Waals surface area (Å²) >= 11 is 0. The molecule has 2 saturated heterocycles. The maximum absolute atomic E-state index is 13.3. The first kappa shape index (κ1) is 16.9. The Labute approximate surface area is 148 Å². The molecule has 1 amide bonds. The number of benzene rings is 1. The number of carbonyl (C=O) groups is 1. The predicted molar refractivity (Wildman–Crippen MR) is 90.0 cm³/mol. The SMILES string of the molecule is CCC12COC(=O)N1CCN(c1ccnc3c(C(F)(F)F)cccc13)C2. The summed E-state index contributed by atoms with van der Waals surface area (Å²) in [6.45, 7) is 3.83. The third kappa shape index (κ3) is 2.47. The predicted octanol–water partition coefficient (Wildman–Crippen LogP) is 3.67. The van der Waals surface area contributed by atoms with Crippen molar-refractivity contribution in [3.8, 4) is 0 Å². The van der Waals surface area contributed by atoms with Crippen LogP contribution in [0.25, 0.3) is 10.9 Å². The van der Waals surface area contributed by atoms with Crippen molar-refractivity contribution in [3.05, 3.63) is 36.0 Å². The van der Waals surface area contributed by atoms with Crippen LogP contribution in [0.4, 0.5) is 23.7 Å². The quantitative estimate of drug-likeness (QED) is 0.815. The number of aromatic nitrogens is 1. The van der Waals surface area contributed by atoms with Gasteiger partial charge in [-0.05, 0) is 18.6 Å². The van der Waals surface area contributed by atoms with Crippen LogP contribution < -0.4 is 4.90 Å². The highest BCUT2D eigenvalue weighted by Gasteiger charge is 2.49. The highest BCUT2D eigenvalue weighted by Crippen LogP contribution is 2.39. The van der Waals surface area contributed by atoms with Gasteiger partial charge in [0.15, 0.2) is 0 Å². The molecule has 26 heavy (non-hydrogen) atoms. The van der Waals surface area contributed by atoms with Crippen molar-refractivity contribution in [3.63, 3.8) is 0 Å². The molecule has 138 valence electrons. The number of hydrogen-bond acceptors (Lipinski definition) is 4. The summed E-state index contributed by atoms with van der Waals surface area (Å²) in [6, 6.07) is 5.85. The summed E-state index contributed by atoms with van der Waals surface area (Å²) in [7, 11) is 0. The number of rotatable bonds is 2. The van der Waals surface area contributed by atoms with E-state index in [1.54, 1.807) is 17.0 Å². The number of hydrogen-bond donors (Lipinski definition) is 0. The van der Waals surface area contributed by atoms with Gasteiger partial charge in [0.1, 0.15) is 6.61 Å². The zero-order valence-corrected chi connectivity index (χ0v) is 14.2. The summed E-state index contributed by atoms with van der Waals surface area (Å²) in [5.74, 6) is 0. The number of alkyl halides is 3. The maximum atomic E-state index is 13.3. The zero-order chi connectivity index (χ0) is 18.5. The molecule has 3 heterocycles. The summed E-state index contributed by atoms with van der Waals surface area (Å²) in [4.78, 5) is 19.7. The van der Waals surface area contributed by atoms with Crippen LogP contribution in [0.1, 0.15) is 18.9 Å². The van der Waals surface area contributed by atoms with E-state index in [1.165, 1.54) is 12.3 Å². The first-order valence-corrected chi connectivity index (χ1v) is 8.50. The molecule has 0 radical (unpaired) electrons. The molecular formula is C18H18F3N3O2. The number of cyclic esters (lactones) is 1. The van der Waals surface area contributed by atoms with Crippen LogP contribution in [0.15, 0.2) is 30.5 Å². The average molecular weight is 365 g/mol. The van der Waals surface area contributed by atoms with Gasteiger partial charge in [0.05, 0.1) is 16.6 Å². The third-order valence-corrected chi connectivity index (χ3v) is 5.39. The molecule has 2 aromatic rings. The standard InChI is InChI=1S/C18H18F3N3O2/c1-2-17-10-23(8-9-24(17)16(25)26-11-17)14-6-7-22-15-12(14)4-3-5-13(15)18(19,20)21/h3-7H,2,8-11H2,1H3. The minimum absolute atomic E-state index is 0.0516. The number of halogens is 3. The molecule has 0 saturated carbocycles. The fourth-order valence-corrected chi connectivity index (χ4v) is 3.94. The van der Waals surface area contributed by atoms with Crippen molar-refractivity contribution < 1.29 is 22.7 Å². The van der Waals surface area contributed by atoms with Gasteiger partial charge < -0.3 is 9.64 Å². The van der Waals surface area contributed by atoms with Gasteiger partial charge in [-0.1, -0.05) is 19.1 Å². The van der Waals surface area contributed by atoms with Gasteiger partial charge >= 0.3 is 12.3 Å². The molecule has 1 atom stereocenters. The van der Waals surface area contributed by atoms with E-state index in [1.807, 2.05) is 11.8 Å². The first-order chi connectivity index (χ1) is 12.4. The van der Waals surface area contributed by atoms with E-state index in [-0.39, 0.29) is 11.6 Å². The Kier molecular flexibility index (Phi) is 3.75. The summed E-state index contributed by atoms with van der Waals surface area (Å²) in [5, 5.41) is 0.465. The molecule has 4 rings (SSSR count). The number of anilines is 1. The number of para-hydroxylation sites is 1. The van der Waals surface area contributed by atoms with Crippen molar-refractivity contribution in [2.75, 3.05) is 31.1 Å². The Morgan fingerprint density at radius 1 is 1.27 bits per heavy atom. The van der Waals surface area contributed by atoms with Crippen LogP contribution in [-0.2, 0) is 10.9 Å². The van der Waals surface area contributed by atoms with Crippen LogP contribution in [0.2, 0.25) is 0 Å². The van der Waals surface area contributed by atoms with Crippen LogP contribution in [0, 0.1) is 0 Å². The highest BCUT2D eigenvalue weighted by atomic mass is 19.4. The molecule has 2 fully saturated rings. The van der Waals surface area contributed by atoms with E-state index < -0.39 is 17.3 Å². The van der Waals surface area contributed by atoms with Crippen molar-refractivity contribution in [2.24, 2.45) is 0 Å². The average Bonchev–Trinajstić information content (AvgIpc) is 2.97. The van der Waals surface area contributed by atoms with E-state index in [0.717, 1.165) is 6.07 Å². The lowest BCUT2D eigenvalue weighted by Gasteiger charge is -2.45. The number of pyridine rings is 1. The lowest BCUT2D eigenvalue weighted by atomic mass is 9.92. The molecule has 2 aliphatic rings. The fourth-order valence-electron chi connectivity index (χ4n) is 3.94. The summed E-state index contributed by atoms with van der Waals surface area (Å²) in [6.07, 6.45) is -2.65. The molecule has 0 bridgehead atoms. The van der Waals surface area contributed by atoms with Crippen LogP contribution in [-0.4, -0.2) is 47.8 Å². The Hall–Kier alpha value is -2.51. The Balaban J connectivity index is 1.77. The monoisotopic (exact) mass is 365 g/mol.